The Bertz CT molecular complexity index is 531. The maximum atomic E-state index is 12.5. The van der Waals surface area contributed by atoms with Crippen LogP contribution in [0.2, 0.25) is 5.02 Å². The quantitative estimate of drug-likeness (QED) is 0.377. The van der Waals surface area contributed by atoms with E-state index in [2.05, 4.69) is 5.16 Å². The zero-order valence-corrected chi connectivity index (χ0v) is 11.4. The van der Waals surface area contributed by atoms with E-state index in [-0.39, 0.29) is 17.8 Å². The van der Waals surface area contributed by atoms with Gasteiger partial charge in [0, 0.05) is 17.1 Å². The van der Waals surface area contributed by atoms with E-state index in [1.165, 1.54) is 0 Å². The third kappa shape index (κ3) is 2.51. The molecule has 0 aromatic heterocycles. The molecule has 5 nitrogen and oxygen atoms in total. The number of oxime groups is 1. The van der Waals surface area contributed by atoms with E-state index in [0.29, 0.717) is 23.6 Å². The van der Waals surface area contributed by atoms with Crippen molar-refractivity contribution in [1.29, 1.82) is 0 Å². The topological polar surface area (TPSA) is 78.9 Å². The van der Waals surface area contributed by atoms with Crippen LogP contribution in [0.3, 0.4) is 0 Å². The van der Waals surface area contributed by atoms with Gasteiger partial charge in [-0.25, -0.2) is 0 Å². The number of carbonyl (C=O) groups is 1. The molecule has 1 amide bonds. The van der Waals surface area contributed by atoms with Gasteiger partial charge in [-0.1, -0.05) is 22.8 Å². The van der Waals surface area contributed by atoms with Crippen LogP contribution in [0.5, 0.6) is 0 Å². The van der Waals surface area contributed by atoms with Gasteiger partial charge in [-0.2, -0.15) is 0 Å². The zero-order chi connectivity index (χ0) is 14.0. The number of hydrogen-bond donors (Lipinski definition) is 2. The number of likely N-dealkylation sites (tertiary alicyclic amines) is 1. The van der Waals surface area contributed by atoms with Crippen LogP contribution in [-0.2, 0) is 0 Å². The fraction of sp³-hybridized carbons (Fsp3) is 0.385. The van der Waals surface area contributed by atoms with Gasteiger partial charge < -0.3 is 15.8 Å². The number of nitrogens with two attached hydrogens (primary N) is 1. The molecule has 0 spiro atoms. The van der Waals surface area contributed by atoms with Crippen molar-refractivity contribution in [3.8, 4) is 0 Å². The number of nitrogens with zero attached hydrogens (tertiary/aromatic N) is 2. The molecule has 0 saturated carbocycles. The van der Waals surface area contributed by atoms with Crippen molar-refractivity contribution in [2.75, 3.05) is 6.54 Å². The summed E-state index contributed by atoms with van der Waals surface area (Å²) >= 11 is 6.03. The fourth-order valence-electron chi connectivity index (χ4n) is 2.38. The Morgan fingerprint density at radius 3 is 3.00 bits per heavy atom. The van der Waals surface area contributed by atoms with E-state index in [0.717, 1.165) is 12.0 Å². The van der Waals surface area contributed by atoms with Crippen LogP contribution >= 0.6 is 11.6 Å². The van der Waals surface area contributed by atoms with Crippen LogP contribution in [-0.4, -0.2) is 34.4 Å². The van der Waals surface area contributed by atoms with Crippen molar-refractivity contribution in [1.82, 2.24) is 4.90 Å². The molecule has 102 valence electrons. The summed E-state index contributed by atoms with van der Waals surface area (Å²) in [5, 5.41) is 12.3. The molecule has 0 bridgehead atoms. The molecule has 0 radical (unpaired) electrons. The predicted octanol–water partition coefficient (Wildman–Crippen LogP) is 2.00. The summed E-state index contributed by atoms with van der Waals surface area (Å²) in [6, 6.07) is 4.90. The first-order valence-corrected chi connectivity index (χ1v) is 6.47. The van der Waals surface area contributed by atoms with Gasteiger partial charge in [-0.3, -0.25) is 4.79 Å². The Labute approximate surface area is 116 Å². The molecular weight excluding hydrogens is 266 g/mol. The molecule has 0 aliphatic carbocycles. The van der Waals surface area contributed by atoms with Gasteiger partial charge >= 0.3 is 0 Å². The number of benzene rings is 1. The Hall–Kier alpha value is -1.75. The molecule has 6 heteroatoms. The van der Waals surface area contributed by atoms with Crippen LogP contribution in [0.25, 0.3) is 0 Å². The second-order valence-electron chi connectivity index (χ2n) is 4.59. The van der Waals surface area contributed by atoms with Crippen LogP contribution < -0.4 is 5.73 Å². The van der Waals surface area contributed by atoms with Gasteiger partial charge in [-0.15, -0.1) is 0 Å². The van der Waals surface area contributed by atoms with Crippen molar-refractivity contribution in [2.24, 2.45) is 10.9 Å². The summed E-state index contributed by atoms with van der Waals surface area (Å²) in [6.07, 6.45) is 1.55. The number of amidine groups is 1. The van der Waals surface area contributed by atoms with E-state index < -0.39 is 0 Å². The minimum Gasteiger partial charge on any atom is -0.409 e. The van der Waals surface area contributed by atoms with Crippen molar-refractivity contribution in [3.05, 3.63) is 34.3 Å². The molecular formula is C13H16ClN3O2. The van der Waals surface area contributed by atoms with Crippen molar-refractivity contribution in [3.63, 3.8) is 0 Å². The fourth-order valence-corrected chi connectivity index (χ4v) is 2.55. The Morgan fingerprint density at radius 1 is 1.58 bits per heavy atom. The molecule has 19 heavy (non-hydrogen) atoms. The SMILES string of the molecule is Cc1c(Cl)cccc1C(=O)N1CCCC1/C(N)=N/O. The second-order valence-corrected chi connectivity index (χ2v) is 5.00. The second kappa shape index (κ2) is 5.48. The number of hydrogen-bond acceptors (Lipinski definition) is 3. The minimum atomic E-state index is -0.337. The van der Waals surface area contributed by atoms with Gasteiger partial charge in [0.05, 0.1) is 6.04 Å². The molecule has 1 atom stereocenters. The van der Waals surface area contributed by atoms with Crippen LogP contribution in [0.4, 0.5) is 0 Å². The summed E-state index contributed by atoms with van der Waals surface area (Å²) in [4.78, 5) is 14.2. The average Bonchev–Trinajstić information content (AvgIpc) is 2.89. The van der Waals surface area contributed by atoms with E-state index >= 15 is 0 Å². The molecule has 1 heterocycles. The highest BCUT2D eigenvalue weighted by molar-refractivity contribution is 6.31. The first-order chi connectivity index (χ1) is 9.06. The van der Waals surface area contributed by atoms with E-state index in [1.54, 1.807) is 23.1 Å². The van der Waals surface area contributed by atoms with Gasteiger partial charge in [0.15, 0.2) is 5.84 Å². The molecule has 1 fully saturated rings. The molecule has 3 N–H and O–H groups in total. The molecule has 1 aromatic rings. The van der Waals surface area contributed by atoms with Gasteiger partial charge in [0.25, 0.3) is 5.91 Å². The first kappa shape index (κ1) is 13.7. The summed E-state index contributed by atoms with van der Waals surface area (Å²) in [5.74, 6) is -0.0559. The highest BCUT2D eigenvalue weighted by Crippen LogP contribution is 2.24. The number of halogens is 1. The average molecular weight is 282 g/mol. The summed E-state index contributed by atoms with van der Waals surface area (Å²) < 4.78 is 0. The smallest absolute Gasteiger partial charge is 0.254 e. The third-order valence-corrected chi connectivity index (χ3v) is 3.88. The number of rotatable bonds is 2. The number of carbonyl (C=O) groups excluding carboxylic acids is 1. The molecule has 1 aromatic carbocycles. The van der Waals surface area contributed by atoms with Gasteiger partial charge in [0.2, 0.25) is 0 Å². The Kier molecular flexibility index (Phi) is 3.95. The lowest BCUT2D eigenvalue weighted by Crippen LogP contribution is -2.44. The van der Waals surface area contributed by atoms with Crippen molar-refractivity contribution < 1.29 is 10.0 Å². The Morgan fingerprint density at radius 2 is 2.32 bits per heavy atom. The minimum absolute atomic E-state index is 0.0746. The predicted molar refractivity (Wildman–Crippen MR) is 73.7 cm³/mol. The monoisotopic (exact) mass is 281 g/mol. The van der Waals surface area contributed by atoms with E-state index in [1.807, 2.05) is 6.92 Å². The van der Waals surface area contributed by atoms with Crippen molar-refractivity contribution >= 4 is 23.3 Å². The van der Waals surface area contributed by atoms with E-state index in [9.17, 15) is 4.79 Å². The summed E-state index contributed by atoms with van der Waals surface area (Å²) in [7, 11) is 0. The standard InChI is InChI=1S/C13H16ClN3O2/c1-8-9(4-2-5-10(8)14)13(18)17-7-3-6-11(17)12(15)16-19/h2,4-5,11,19H,3,6-7H2,1H3,(H2,15,16). The van der Waals surface area contributed by atoms with Crippen LogP contribution in [0.1, 0.15) is 28.8 Å². The lowest BCUT2D eigenvalue weighted by atomic mass is 10.1. The largest absolute Gasteiger partial charge is 0.409 e. The first-order valence-electron chi connectivity index (χ1n) is 6.09. The zero-order valence-electron chi connectivity index (χ0n) is 10.6. The Balaban J connectivity index is 2.31. The third-order valence-electron chi connectivity index (χ3n) is 3.47. The summed E-state index contributed by atoms with van der Waals surface area (Å²) in [6.45, 7) is 2.41. The van der Waals surface area contributed by atoms with Gasteiger partial charge in [0.1, 0.15) is 0 Å². The molecule has 1 saturated heterocycles. The lowest BCUT2D eigenvalue weighted by molar-refractivity contribution is 0.0767. The molecule has 1 aliphatic rings. The molecule has 2 rings (SSSR count). The van der Waals surface area contributed by atoms with Gasteiger partial charge in [-0.05, 0) is 37.5 Å². The normalized spacial score (nSPS) is 19.8. The highest BCUT2D eigenvalue weighted by atomic mass is 35.5. The maximum absolute atomic E-state index is 12.5. The van der Waals surface area contributed by atoms with Crippen molar-refractivity contribution in [2.45, 2.75) is 25.8 Å². The summed E-state index contributed by atoms with van der Waals surface area (Å²) in [5.41, 5.74) is 6.94. The lowest BCUT2D eigenvalue weighted by Gasteiger charge is -2.24. The van der Waals surface area contributed by atoms with Crippen LogP contribution in [0, 0.1) is 6.92 Å². The van der Waals surface area contributed by atoms with Crippen LogP contribution in [0.15, 0.2) is 23.4 Å². The number of amides is 1. The van der Waals surface area contributed by atoms with E-state index in [4.69, 9.17) is 22.5 Å². The maximum Gasteiger partial charge on any atom is 0.254 e. The highest BCUT2D eigenvalue weighted by Gasteiger charge is 2.33. The molecule has 1 unspecified atom stereocenters. The molecule has 1 aliphatic heterocycles.